The Morgan fingerprint density at radius 2 is 2.13 bits per heavy atom. The molecule has 1 aromatic carbocycles. The summed E-state index contributed by atoms with van der Waals surface area (Å²) in [6, 6.07) is 7.84. The SMILES string of the molecule is COc1ccc(N(C(=O)/C=C/c2cscn2)[C@H](C)C2CC2)cc1. The first-order chi connectivity index (χ1) is 11.2. The van der Waals surface area contributed by atoms with E-state index in [1.165, 1.54) is 24.2 Å². The fourth-order valence-electron chi connectivity index (χ4n) is 2.64. The summed E-state index contributed by atoms with van der Waals surface area (Å²) in [5.41, 5.74) is 3.48. The van der Waals surface area contributed by atoms with Crippen molar-refractivity contribution in [2.24, 2.45) is 5.92 Å². The summed E-state index contributed by atoms with van der Waals surface area (Å²) in [6.07, 6.45) is 5.76. The van der Waals surface area contributed by atoms with E-state index < -0.39 is 0 Å². The largest absolute Gasteiger partial charge is 0.497 e. The third kappa shape index (κ3) is 3.79. The van der Waals surface area contributed by atoms with Crippen molar-refractivity contribution < 1.29 is 9.53 Å². The monoisotopic (exact) mass is 328 g/mol. The van der Waals surface area contributed by atoms with E-state index in [9.17, 15) is 4.79 Å². The summed E-state index contributed by atoms with van der Waals surface area (Å²) < 4.78 is 5.20. The molecule has 0 aliphatic heterocycles. The quantitative estimate of drug-likeness (QED) is 0.753. The van der Waals surface area contributed by atoms with Crippen molar-refractivity contribution in [2.45, 2.75) is 25.8 Å². The second kappa shape index (κ2) is 6.96. The number of amides is 1. The zero-order valence-corrected chi connectivity index (χ0v) is 14.1. The molecule has 23 heavy (non-hydrogen) atoms. The molecule has 1 fully saturated rings. The lowest BCUT2D eigenvalue weighted by Gasteiger charge is -2.28. The number of hydrogen-bond donors (Lipinski definition) is 0. The standard InChI is InChI=1S/C18H20N2O2S/c1-13(14-3-4-14)20(16-6-8-17(22-2)9-7-16)18(21)10-5-15-11-23-12-19-15/h5-14H,3-4H2,1-2H3/b10-5+/t13-/m1/s1. The lowest BCUT2D eigenvalue weighted by Crippen LogP contribution is -2.39. The highest BCUT2D eigenvalue weighted by Gasteiger charge is 2.34. The second-order valence-corrected chi connectivity index (χ2v) is 6.45. The van der Waals surface area contributed by atoms with Crippen LogP contribution in [0.15, 0.2) is 41.2 Å². The van der Waals surface area contributed by atoms with Crippen LogP contribution in [0.5, 0.6) is 5.75 Å². The van der Waals surface area contributed by atoms with Crippen LogP contribution < -0.4 is 9.64 Å². The van der Waals surface area contributed by atoms with Crippen molar-refractivity contribution in [1.29, 1.82) is 0 Å². The van der Waals surface area contributed by atoms with Gasteiger partial charge in [-0.1, -0.05) is 0 Å². The molecular weight excluding hydrogens is 308 g/mol. The smallest absolute Gasteiger partial charge is 0.251 e. The first-order valence-electron chi connectivity index (χ1n) is 7.72. The third-order valence-electron chi connectivity index (χ3n) is 4.15. The van der Waals surface area contributed by atoms with E-state index in [1.54, 1.807) is 24.8 Å². The van der Waals surface area contributed by atoms with Gasteiger partial charge >= 0.3 is 0 Å². The Morgan fingerprint density at radius 1 is 1.39 bits per heavy atom. The lowest BCUT2D eigenvalue weighted by atomic mass is 10.1. The highest BCUT2D eigenvalue weighted by Crippen LogP contribution is 2.37. The molecule has 0 spiro atoms. The zero-order chi connectivity index (χ0) is 16.2. The number of carbonyl (C=O) groups excluding carboxylic acids is 1. The fraction of sp³-hybridized carbons (Fsp3) is 0.333. The highest BCUT2D eigenvalue weighted by atomic mass is 32.1. The molecule has 0 N–H and O–H groups in total. The molecule has 2 aromatic rings. The Balaban J connectivity index is 1.83. The first-order valence-corrected chi connectivity index (χ1v) is 8.67. The fourth-order valence-corrected chi connectivity index (χ4v) is 3.16. The topological polar surface area (TPSA) is 42.4 Å². The molecular formula is C18H20N2O2S. The van der Waals surface area contributed by atoms with Crippen LogP contribution in [-0.2, 0) is 4.79 Å². The number of rotatable bonds is 6. The van der Waals surface area contributed by atoms with E-state index in [0.717, 1.165) is 17.1 Å². The van der Waals surface area contributed by atoms with Crippen LogP contribution in [0.3, 0.4) is 0 Å². The van der Waals surface area contributed by atoms with Crippen LogP contribution in [0, 0.1) is 5.92 Å². The van der Waals surface area contributed by atoms with E-state index >= 15 is 0 Å². The van der Waals surface area contributed by atoms with Crippen LogP contribution in [0.1, 0.15) is 25.5 Å². The molecule has 0 unspecified atom stereocenters. The van der Waals surface area contributed by atoms with Gasteiger partial charge in [-0.25, -0.2) is 4.98 Å². The van der Waals surface area contributed by atoms with Gasteiger partial charge < -0.3 is 9.64 Å². The number of carbonyl (C=O) groups is 1. The van der Waals surface area contributed by atoms with Gasteiger partial charge in [0.1, 0.15) is 5.75 Å². The van der Waals surface area contributed by atoms with Gasteiger partial charge in [-0.05, 0) is 56.0 Å². The summed E-state index contributed by atoms with van der Waals surface area (Å²) in [4.78, 5) is 18.8. The maximum absolute atomic E-state index is 12.8. The molecule has 1 amide bonds. The Kier molecular flexibility index (Phi) is 4.76. The summed E-state index contributed by atoms with van der Waals surface area (Å²) >= 11 is 1.52. The number of thiazole rings is 1. The number of anilines is 1. The predicted molar refractivity (Wildman–Crippen MR) is 93.8 cm³/mol. The summed E-state index contributed by atoms with van der Waals surface area (Å²) in [6.45, 7) is 2.12. The number of methoxy groups -OCH3 is 1. The van der Waals surface area contributed by atoms with Crippen molar-refractivity contribution in [1.82, 2.24) is 4.98 Å². The van der Waals surface area contributed by atoms with Gasteiger partial charge in [0.05, 0.1) is 18.3 Å². The molecule has 1 aromatic heterocycles. The molecule has 1 heterocycles. The summed E-state index contributed by atoms with van der Waals surface area (Å²) in [7, 11) is 1.64. The van der Waals surface area contributed by atoms with Crippen LogP contribution in [0.2, 0.25) is 0 Å². The number of nitrogens with zero attached hydrogens (tertiary/aromatic N) is 2. The maximum atomic E-state index is 12.8. The van der Waals surface area contributed by atoms with Gasteiger partial charge in [-0.2, -0.15) is 0 Å². The molecule has 1 aliphatic carbocycles. The molecule has 3 rings (SSSR count). The van der Waals surface area contributed by atoms with Crippen molar-refractivity contribution in [2.75, 3.05) is 12.0 Å². The van der Waals surface area contributed by atoms with Gasteiger partial charge in [0, 0.05) is 23.2 Å². The Labute approximate surface area is 140 Å². The molecule has 1 aliphatic rings. The molecule has 120 valence electrons. The van der Waals surface area contributed by atoms with Crippen molar-refractivity contribution in [3.8, 4) is 5.75 Å². The van der Waals surface area contributed by atoms with E-state index in [0.29, 0.717) is 5.92 Å². The normalized spacial score (nSPS) is 15.6. The molecule has 1 atom stereocenters. The Bertz CT molecular complexity index is 676. The Hall–Kier alpha value is -2.14. The molecule has 0 radical (unpaired) electrons. The molecule has 4 nitrogen and oxygen atoms in total. The van der Waals surface area contributed by atoms with E-state index in [-0.39, 0.29) is 11.9 Å². The van der Waals surface area contributed by atoms with Crippen LogP contribution in [0.4, 0.5) is 5.69 Å². The second-order valence-electron chi connectivity index (χ2n) is 5.73. The van der Waals surface area contributed by atoms with Gasteiger partial charge in [-0.3, -0.25) is 4.79 Å². The minimum Gasteiger partial charge on any atom is -0.497 e. The van der Waals surface area contributed by atoms with E-state index in [2.05, 4.69) is 11.9 Å². The van der Waals surface area contributed by atoms with E-state index in [4.69, 9.17) is 4.74 Å². The van der Waals surface area contributed by atoms with Gasteiger partial charge in [-0.15, -0.1) is 11.3 Å². The summed E-state index contributed by atoms with van der Waals surface area (Å²) in [5, 5.41) is 1.92. The molecule has 1 saturated carbocycles. The van der Waals surface area contributed by atoms with Crippen molar-refractivity contribution in [3.05, 3.63) is 46.9 Å². The van der Waals surface area contributed by atoms with Crippen molar-refractivity contribution >= 4 is 29.0 Å². The maximum Gasteiger partial charge on any atom is 0.251 e. The van der Waals surface area contributed by atoms with E-state index in [1.807, 2.05) is 34.5 Å². The predicted octanol–water partition coefficient (Wildman–Crippen LogP) is 4.00. The third-order valence-corrected chi connectivity index (χ3v) is 4.75. The minimum atomic E-state index is -0.0115. The number of hydrogen-bond acceptors (Lipinski definition) is 4. The van der Waals surface area contributed by atoms with Crippen molar-refractivity contribution in [3.63, 3.8) is 0 Å². The Morgan fingerprint density at radius 3 is 2.70 bits per heavy atom. The average Bonchev–Trinajstić information content (AvgIpc) is 3.30. The minimum absolute atomic E-state index is 0.0115. The van der Waals surface area contributed by atoms with Crippen LogP contribution in [-0.4, -0.2) is 24.0 Å². The average molecular weight is 328 g/mol. The van der Waals surface area contributed by atoms with Crippen LogP contribution >= 0.6 is 11.3 Å². The summed E-state index contributed by atoms with van der Waals surface area (Å²) in [5.74, 6) is 1.37. The lowest BCUT2D eigenvalue weighted by molar-refractivity contribution is -0.114. The van der Waals surface area contributed by atoms with Gasteiger partial charge in [0.25, 0.3) is 5.91 Å². The van der Waals surface area contributed by atoms with Gasteiger partial charge in [0.2, 0.25) is 0 Å². The molecule has 5 heteroatoms. The molecule has 0 bridgehead atoms. The van der Waals surface area contributed by atoms with Crippen LogP contribution in [0.25, 0.3) is 6.08 Å². The highest BCUT2D eigenvalue weighted by molar-refractivity contribution is 7.07. The zero-order valence-electron chi connectivity index (χ0n) is 13.3. The number of ether oxygens (including phenoxy) is 1. The first kappa shape index (κ1) is 15.7. The van der Waals surface area contributed by atoms with Gasteiger partial charge in [0.15, 0.2) is 0 Å². The number of aromatic nitrogens is 1. The number of benzene rings is 1. The molecule has 0 saturated heterocycles.